The maximum absolute atomic E-state index is 5.69. The summed E-state index contributed by atoms with van der Waals surface area (Å²) in [4.78, 5) is 6.32. The minimum absolute atomic E-state index is 0.615. The molecule has 5 heteroatoms. The Hall–Kier alpha value is -1.75. The highest BCUT2D eigenvalue weighted by Crippen LogP contribution is 2.30. The summed E-state index contributed by atoms with van der Waals surface area (Å²) in [5.74, 6) is 2.22. The molecule has 0 aliphatic heterocycles. The van der Waals surface area contributed by atoms with Crippen LogP contribution < -0.4 is 9.64 Å². The molecule has 0 atom stereocenters. The number of aliphatic imine (C=N–C) groups is 1. The first-order valence-electron chi connectivity index (χ1n) is 6.34. The summed E-state index contributed by atoms with van der Waals surface area (Å²) in [6.07, 6.45) is 1.69. The summed E-state index contributed by atoms with van der Waals surface area (Å²) in [6, 6.07) is 9.56. The number of hydrogen-bond donors (Lipinski definition) is 0. The van der Waals surface area contributed by atoms with Gasteiger partial charge in [0.2, 0.25) is 5.88 Å². The van der Waals surface area contributed by atoms with Crippen molar-refractivity contribution in [2.75, 3.05) is 25.6 Å². The van der Waals surface area contributed by atoms with E-state index in [9.17, 15) is 0 Å². The minimum atomic E-state index is 0.615. The van der Waals surface area contributed by atoms with Crippen LogP contribution in [0.3, 0.4) is 0 Å². The Morgan fingerprint density at radius 3 is 2.75 bits per heavy atom. The van der Waals surface area contributed by atoms with Gasteiger partial charge in [0.1, 0.15) is 17.2 Å². The third-order valence-corrected chi connectivity index (χ3v) is 3.16. The molecule has 106 valence electrons. The molecule has 0 saturated heterocycles. The van der Waals surface area contributed by atoms with Crippen molar-refractivity contribution in [3.05, 3.63) is 40.6 Å². The summed E-state index contributed by atoms with van der Waals surface area (Å²) < 4.78 is 12.1. The lowest BCUT2D eigenvalue weighted by atomic mass is 10.3. The zero-order valence-corrected chi connectivity index (χ0v) is 13.3. The van der Waals surface area contributed by atoms with Gasteiger partial charge in [-0.15, -0.1) is 0 Å². The molecule has 0 radical (unpaired) electrons. The molecule has 2 rings (SSSR count). The number of nitrogens with zero attached hydrogens (tertiary/aromatic N) is 2. The Labute approximate surface area is 127 Å². The standard InChI is InChI=1S/C15H17BrN2O2/c1-4-19-14-8-6-5-7-13(14)17-10-11-9-12(16)15(20-11)18(2)3/h5-10H,4H2,1-3H3. The van der Waals surface area contributed by atoms with Gasteiger partial charge >= 0.3 is 0 Å². The molecule has 0 bridgehead atoms. The van der Waals surface area contributed by atoms with Crippen LogP contribution in [0.2, 0.25) is 0 Å². The van der Waals surface area contributed by atoms with Crippen molar-refractivity contribution in [1.29, 1.82) is 0 Å². The second-order valence-electron chi connectivity index (χ2n) is 4.36. The largest absolute Gasteiger partial charge is 0.492 e. The molecule has 0 saturated carbocycles. The monoisotopic (exact) mass is 336 g/mol. The fourth-order valence-corrected chi connectivity index (χ4v) is 2.38. The molecule has 4 nitrogen and oxygen atoms in total. The van der Waals surface area contributed by atoms with Crippen LogP contribution in [0.15, 0.2) is 44.2 Å². The topological polar surface area (TPSA) is 38.0 Å². The normalized spacial score (nSPS) is 11.0. The van der Waals surface area contributed by atoms with E-state index in [0.29, 0.717) is 12.4 Å². The zero-order valence-electron chi connectivity index (χ0n) is 11.8. The molecule has 0 unspecified atom stereocenters. The molecular weight excluding hydrogens is 320 g/mol. The summed E-state index contributed by atoms with van der Waals surface area (Å²) in [6.45, 7) is 2.57. The SMILES string of the molecule is CCOc1ccccc1N=Cc1cc(Br)c(N(C)C)o1. The molecule has 0 fully saturated rings. The van der Waals surface area contributed by atoms with E-state index in [-0.39, 0.29) is 0 Å². The number of para-hydroxylation sites is 2. The number of benzene rings is 1. The Kier molecular flexibility index (Phi) is 4.84. The third kappa shape index (κ3) is 3.42. The van der Waals surface area contributed by atoms with Gasteiger partial charge in [-0.2, -0.15) is 0 Å². The van der Waals surface area contributed by atoms with E-state index in [4.69, 9.17) is 9.15 Å². The molecule has 0 amide bonds. The highest BCUT2D eigenvalue weighted by molar-refractivity contribution is 9.10. The summed E-state index contributed by atoms with van der Waals surface area (Å²) in [7, 11) is 3.85. The smallest absolute Gasteiger partial charge is 0.210 e. The third-order valence-electron chi connectivity index (χ3n) is 2.59. The molecule has 0 N–H and O–H groups in total. The van der Waals surface area contributed by atoms with E-state index < -0.39 is 0 Å². The van der Waals surface area contributed by atoms with E-state index in [1.165, 1.54) is 0 Å². The molecule has 0 aliphatic rings. The van der Waals surface area contributed by atoms with E-state index in [0.717, 1.165) is 21.8 Å². The first-order valence-corrected chi connectivity index (χ1v) is 7.13. The predicted octanol–water partition coefficient (Wildman–Crippen LogP) is 4.26. The fraction of sp³-hybridized carbons (Fsp3) is 0.267. The summed E-state index contributed by atoms with van der Waals surface area (Å²) in [5.41, 5.74) is 0.785. The van der Waals surface area contributed by atoms with Gasteiger partial charge in [0.15, 0.2) is 0 Å². The Balaban J connectivity index is 2.23. The zero-order chi connectivity index (χ0) is 14.5. The molecule has 1 aromatic heterocycles. The molecule has 0 spiro atoms. The van der Waals surface area contributed by atoms with Crippen LogP contribution in [0.5, 0.6) is 5.75 Å². The first-order chi connectivity index (χ1) is 9.61. The molecule has 1 heterocycles. The summed E-state index contributed by atoms with van der Waals surface area (Å²) in [5, 5.41) is 0. The Morgan fingerprint density at radius 1 is 1.35 bits per heavy atom. The van der Waals surface area contributed by atoms with Crippen molar-refractivity contribution in [3.63, 3.8) is 0 Å². The van der Waals surface area contributed by atoms with Gasteiger partial charge in [0.25, 0.3) is 0 Å². The van der Waals surface area contributed by atoms with Crippen LogP contribution in [-0.2, 0) is 0 Å². The van der Waals surface area contributed by atoms with Crippen LogP contribution in [-0.4, -0.2) is 26.9 Å². The number of anilines is 1. The van der Waals surface area contributed by atoms with Crippen LogP contribution in [0.25, 0.3) is 0 Å². The molecule has 1 aromatic carbocycles. The lowest BCUT2D eigenvalue weighted by Gasteiger charge is -2.07. The lowest BCUT2D eigenvalue weighted by Crippen LogP contribution is -2.07. The van der Waals surface area contributed by atoms with Gasteiger partial charge in [0, 0.05) is 20.2 Å². The second-order valence-corrected chi connectivity index (χ2v) is 5.21. The number of hydrogen-bond acceptors (Lipinski definition) is 4. The number of furan rings is 1. The van der Waals surface area contributed by atoms with Crippen molar-refractivity contribution in [2.45, 2.75) is 6.92 Å². The van der Waals surface area contributed by atoms with Crippen LogP contribution in [0, 0.1) is 0 Å². The second kappa shape index (κ2) is 6.61. The van der Waals surface area contributed by atoms with Crippen molar-refractivity contribution in [2.24, 2.45) is 4.99 Å². The van der Waals surface area contributed by atoms with E-state index in [1.807, 2.05) is 56.3 Å². The van der Waals surface area contributed by atoms with E-state index in [1.54, 1.807) is 6.21 Å². The maximum atomic E-state index is 5.69. The highest BCUT2D eigenvalue weighted by Gasteiger charge is 2.09. The van der Waals surface area contributed by atoms with Crippen molar-refractivity contribution < 1.29 is 9.15 Å². The summed E-state index contributed by atoms with van der Waals surface area (Å²) >= 11 is 3.46. The molecule has 0 aliphatic carbocycles. The first kappa shape index (κ1) is 14.7. The van der Waals surface area contributed by atoms with Crippen molar-refractivity contribution in [3.8, 4) is 5.75 Å². The minimum Gasteiger partial charge on any atom is -0.492 e. The number of halogens is 1. The Morgan fingerprint density at radius 2 is 2.10 bits per heavy atom. The van der Waals surface area contributed by atoms with Crippen molar-refractivity contribution in [1.82, 2.24) is 0 Å². The van der Waals surface area contributed by atoms with Gasteiger partial charge in [-0.25, -0.2) is 4.99 Å². The van der Waals surface area contributed by atoms with Crippen LogP contribution >= 0.6 is 15.9 Å². The quantitative estimate of drug-likeness (QED) is 0.765. The average Bonchev–Trinajstić information content (AvgIpc) is 2.79. The average molecular weight is 337 g/mol. The van der Waals surface area contributed by atoms with Crippen LogP contribution in [0.4, 0.5) is 11.6 Å². The van der Waals surface area contributed by atoms with Gasteiger partial charge < -0.3 is 14.1 Å². The molecule has 20 heavy (non-hydrogen) atoms. The van der Waals surface area contributed by atoms with E-state index >= 15 is 0 Å². The maximum Gasteiger partial charge on any atom is 0.210 e. The van der Waals surface area contributed by atoms with Gasteiger partial charge in [-0.3, -0.25) is 0 Å². The van der Waals surface area contributed by atoms with Gasteiger partial charge in [-0.05, 0) is 35.0 Å². The van der Waals surface area contributed by atoms with Crippen LogP contribution in [0.1, 0.15) is 12.7 Å². The molecular formula is C15H17BrN2O2. The fourth-order valence-electron chi connectivity index (χ4n) is 1.72. The highest BCUT2D eigenvalue weighted by atomic mass is 79.9. The Bertz CT molecular complexity index is 606. The predicted molar refractivity (Wildman–Crippen MR) is 85.6 cm³/mol. The number of ether oxygens (including phenoxy) is 1. The van der Waals surface area contributed by atoms with E-state index in [2.05, 4.69) is 20.9 Å². The lowest BCUT2D eigenvalue weighted by molar-refractivity contribution is 0.341. The van der Waals surface area contributed by atoms with Gasteiger partial charge in [0.05, 0.1) is 17.3 Å². The van der Waals surface area contributed by atoms with Crippen molar-refractivity contribution >= 4 is 33.7 Å². The number of rotatable bonds is 5. The van der Waals surface area contributed by atoms with Gasteiger partial charge in [-0.1, -0.05) is 12.1 Å². The molecule has 2 aromatic rings.